The van der Waals surface area contributed by atoms with E-state index < -0.39 is 18.2 Å². The number of nitrogens with one attached hydrogen (secondary N) is 1. The zero-order valence-corrected chi connectivity index (χ0v) is 43.0. The van der Waals surface area contributed by atoms with Crippen molar-refractivity contribution in [3.8, 4) is 0 Å². The molecule has 0 bridgehead atoms. The highest BCUT2D eigenvalue weighted by Crippen LogP contribution is 2.18. The van der Waals surface area contributed by atoms with Crippen LogP contribution in [0, 0.1) is 0 Å². The maximum absolute atomic E-state index is 12.5. The summed E-state index contributed by atoms with van der Waals surface area (Å²) in [5.74, 6) is -0.278. The Morgan fingerprint density at radius 2 is 0.635 bits per heavy atom. The predicted molar refractivity (Wildman–Crippen MR) is 278 cm³/mol. The largest absolute Gasteiger partial charge is 0.394 e. The molecular weight excluding hydrogens is 775 g/mol. The quantitative estimate of drug-likeness (QED) is 0.0362. The average Bonchev–Trinajstić information content (AvgIpc) is 3.28. The number of hydrogen-bond acceptors (Lipinski definition) is 4. The molecule has 3 unspecified atom stereocenters. The summed E-state index contributed by atoms with van der Waals surface area (Å²) >= 11 is 0. The highest BCUT2D eigenvalue weighted by molar-refractivity contribution is 5.76. The Labute approximate surface area is 395 Å². The summed E-state index contributed by atoms with van der Waals surface area (Å²) < 4.78 is 0. The molecule has 3 atom stereocenters. The highest BCUT2D eigenvalue weighted by Gasteiger charge is 2.21. The molecule has 0 aliphatic heterocycles. The molecule has 0 aromatic rings. The van der Waals surface area contributed by atoms with Gasteiger partial charge in [0.1, 0.15) is 0 Å². The summed E-state index contributed by atoms with van der Waals surface area (Å²) in [4.78, 5) is 12.5. The van der Waals surface area contributed by atoms with Gasteiger partial charge >= 0.3 is 0 Å². The standard InChI is InChI=1S/C58H115NO4/c1-3-5-7-9-11-13-15-17-19-21-23-25-27-29-31-33-35-37-39-41-43-45-47-49-51-55(61)53-58(63)59-56(54-60)57(62)52-50-48-46-44-42-40-38-36-34-32-30-28-26-24-22-20-18-16-14-12-10-8-6-4-2/h29,31,55-57,60-62H,3-28,30,32-54H2,1-2H3,(H,59,63)/b31-29-. The molecule has 4 N–H and O–H groups in total. The molecule has 0 aliphatic carbocycles. The van der Waals surface area contributed by atoms with Crippen LogP contribution in [0.5, 0.6) is 0 Å². The maximum atomic E-state index is 12.5. The number of carbonyl (C=O) groups is 1. The highest BCUT2D eigenvalue weighted by atomic mass is 16.3. The van der Waals surface area contributed by atoms with Crippen LogP contribution in [0.1, 0.15) is 328 Å². The van der Waals surface area contributed by atoms with Crippen molar-refractivity contribution in [2.45, 2.75) is 347 Å². The molecule has 0 saturated heterocycles. The second-order valence-electron chi connectivity index (χ2n) is 20.3. The van der Waals surface area contributed by atoms with Gasteiger partial charge in [0, 0.05) is 0 Å². The Morgan fingerprint density at radius 1 is 0.381 bits per heavy atom. The number of unbranched alkanes of at least 4 members (excludes halogenated alkanes) is 43. The van der Waals surface area contributed by atoms with Crippen LogP contribution in [0.15, 0.2) is 12.2 Å². The lowest BCUT2D eigenvalue weighted by Crippen LogP contribution is -2.46. The van der Waals surface area contributed by atoms with Crippen LogP contribution >= 0.6 is 0 Å². The van der Waals surface area contributed by atoms with Crippen molar-refractivity contribution in [1.29, 1.82) is 0 Å². The van der Waals surface area contributed by atoms with Crippen molar-refractivity contribution in [1.82, 2.24) is 5.32 Å². The van der Waals surface area contributed by atoms with E-state index in [2.05, 4.69) is 31.3 Å². The van der Waals surface area contributed by atoms with Crippen LogP contribution < -0.4 is 5.32 Å². The van der Waals surface area contributed by atoms with Crippen LogP contribution in [-0.4, -0.2) is 46.1 Å². The van der Waals surface area contributed by atoms with Crippen LogP contribution in [-0.2, 0) is 4.79 Å². The van der Waals surface area contributed by atoms with E-state index in [9.17, 15) is 20.1 Å². The molecule has 0 radical (unpaired) electrons. The lowest BCUT2D eigenvalue weighted by atomic mass is 10.0. The minimum atomic E-state index is -0.749. The molecule has 5 nitrogen and oxygen atoms in total. The van der Waals surface area contributed by atoms with E-state index in [1.807, 2.05) is 0 Å². The smallest absolute Gasteiger partial charge is 0.222 e. The second-order valence-corrected chi connectivity index (χ2v) is 20.3. The molecule has 0 aromatic carbocycles. The van der Waals surface area contributed by atoms with E-state index >= 15 is 0 Å². The third kappa shape index (κ3) is 50.3. The van der Waals surface area contributed by atoms with E-state index in [0.29, 0.717) is 12.8 Å². The topological polar surface area (TPSA) is 89.8 Å². The van der Waals surface area contributed by atoms with E-state index in [1.54, 1.807) is 0 Å². The normalized spacial score (nSPS) is 13.3. The van der Waals surface area contributed by atoms with Gasteiger partial charge in [-0.3, -0.25) is 4.79 Å². The van der Waals surface area contributed by atoms with Crippen LogP contribution in [0.2, 0.25) is 0 Å². The number of amides is 1. The first kappa shape index (κ1) is 62.1. The summed E-state index contributed by atoms with van der Waals surface area (Å²) in [5.41, 5.74) is 0. The average molecular weight is 891 g/mol. The molecule has 0 aliphatic rings. The van der Waals surface area contributed by atoms with Crippen LogP contribution in [0.4, 0.5) is 0 Å². The molecule has 5 heteroatoms. The number of hydrogen-bond donors (Lipinski definition) is 4. The van der Waals surface area contributed by atoms with Gasteiger partial charge in [0.25, 0.3) is 0 Å². The Morgan fingerprint density at radius 3 is 0.921 bits per heavy atom. The van der Waals surface area contributed by atoms with Gasteiger partial charge in [-0.05, 0) is 38.5 Å². The molecular formula is C58H115NO4. The number of allylic oxidation sites excluding steroid dienone is 2. The number of rotatable bonds is 54. The first-order valence-corrected chi connectivity index (χ1v) is 29.0. The Balaban J connectivity index is 3.51. The fourth-order valence-electron chi connectivity index (χ4n) is 9.40. The van der Waals surface area contributed by atoms with Gasteiger partial charge in [-0.25, -0.2) is 0 Å². The summed E-state index contributed by atoms with van der Waals surface area (Å²) in [6.45, 7) is 4.31. The molecule has 0 saturated carbocycles. The summed E-state index contributed by atoms with van der Waals surface area (Å²) in [7, 11) is 0. The van der Waals surface area contributed by atoms with Crippen LogP contribution in [0.25, 0.3) is 0 Å². The van der Waals surface area contributed by atoms with Crippen molar-refractivity contribution in [2.75, 3.05) is 6.61 Å². The monoisotopic (exact) mass is 890 g/mol. The molecule has 0 aromatic heterocycles. The molecule has 0 spiro atoms. The number of aliphatic hydroxyl groups is 3. The van der Waals surface area contributed by atoms with Gasteiger partial charge < -0.3 is 20.6 Å². The Hall–Kier alpha value is -0.910. The first-order chi connectivity index (χ1) is 31.0. The fourth-order valence-corrected chi connectivity index (χ4v) is 9.40. The fraction of sp³-hybridized carbons (Fsp3) is 0.948. The maximum Gasteiger partial charge on any atom is 0.222 e. The molecule has 0 heterocycles. The van der Waals surface area contributed by atoms with Crippen molar-refractivity contribution < 1.29 is 20.1 Å². The van der Waals surface area contributed by atoms with E-state index in [4.69, 9.17) is 0 Å². The summed E-state index contributed by atoms with van der Waals surface area (Å²) in [6.07, 6.45) is 66.6. The van der Waals surface area contributed by atoms with Crippen LogP contribution in [0.3, 0.4) is 0 Å². The Bertz CT molecular complexity index is 894. The third-order valence-electron chi connectivity index (χ3n) is 13.8. The number of aliphatic hydroxyl groups excluding tert-OH is 3. The lowest BCUT2D eigenvalue weighted by molar-refractivity contribution is -0.125. The minimum Gasteiger partial charge on any atom is -0.394 e. The van der Waals surface area contributed by atoms with Gasteiger partial charge in [-0.1, -0.05) is 296 Å². The second kappa shape index (κ2) is 53.7. The summed E-state index contributed by atoms with van der Waals surface area (Å²) in [6, 6.07) is -0.658. The van der Waals surface area contributed by atoms with Gasteiger partial charge in [0.05, 0.1) is 31.3 Å². The minimum absolute atomic E-state index is 0.0382. The van der Waals surface area contributed by atoms with Crippen molar-refractivity contribution >= 4 is 5.91 Å². The van der Waals surface area contributed by atoms with Crippen molar-refractivity contribution in [3.63, 3.8) is 0 Å². The van der Waals surface area contributed by atoms with Gasteiger partial charge in [-0.15, -0.1) is 0 Å². The summed E-state index contributed by atoms with van der Waals surface area (Å²) in [5, 5.41) is 33.7. The zero-order valence-electron chi connectivity index (χ0n) is 43.0. The predicted octanol–water partition coefficient (Wildman–Crippen LogP) is 17.9. The third-order valence-corrected chi connectivity index (χ3v) is 13.8. The number of carbonyl (C=O) groups excluding carboxylic acids is 1. The Kier molecular flexibility index (Phi) is 52.9. The van der Waals surface area contributed by atoms with Gasteiger partial charge in [0.15, 0.2) is 0 Å². The van der Waals surface area contributed by atoms with Crippen molar-refractivity contribution in [2.24, 2.45) is 0 Å². The van der Waals surface area contributed by atoms with E-state index in [-0.39, 0.29) is 18.9 Å². The van der Waals surface area contributed by atoms with E-state index in [0.717, 1.165) is 25.7 Å². The molecule has 1 amide bonds. The molecule has 0 rings (SSSR count). The molecule has 0 fully saturated rings. The molecule has 376 valence electrons. The van der Waals surface area contributed by atoms with E-state index in [1.165, 1.54) is 270 Å². The zero-order chi connectivity index (χ0) is 45.8. The van der Waals surface area contributed by atoms with Gasteiger partial charge in [0.2, 0.25) is 5.91 Å². The van der Waals surface area contributed by atoms with Crippen molar-refractivity contribution in [3.05, 3.63) is 12.2 Å². The molecule has 63 heavy (non-hydrogen) atoms. The first-order valence-electron chi connectivity index (χ1n) is 29.0. The SMILES string of the molecule is CCCCCCCCCCCCCC/C=C\CCCCCCCCCCC(O)CC(=O)NC(CO)C(O)CCCCCCCCCCCCCCCCCCCCCCCCCC. The lowest BCUT2D eigenvalue weighted by Gasteiger charge is -2.23. The van der Waals surface area contributed by atoms with Gasteiger partial charge in [-0.2, -0.15) is 0 Å².